The van der Waals surface area contributed by atoms with Gasteiger partial charge in [-0.3, -0.25) is 14.5 Å². The maximum Gasteiger partial charge on any atom is 0.416 e. The fourth-order valence-electron chi connectivity index (χ4n) is 3.26. The number of halogens is 3. The van der Waals surface area contributed by atoms with Crippen LogP contribution in [0.15, 0.2) is 48.5 Å². The number of hydrogen-bond acceptors (Lipinski definition) is 4. The Balaban J connectivity index is 1.94. The molecule has 3 rings (SSSR count). The molecule has 0 bridgehead atoms. The van der Waals surface area contributed by atoms with E-state index in [1.807, 2.05) is 0 Å². The number of ether oxygens (including phenoxy) is 1. The average Bonchev–Trinajstić information content (AvgIpc) is 3.16. The maximum atomic E-state index is 13.2. The van der Waals surface area contributed by atoms with E-state index in [0.29, 0.717) is 25.1 Å². The van der Waals surface area contributed by atoms with E-state index in [1.165, 1.54) is 46.2 Å². The van der Waals surface area contributed by atoms with Crippen LogP contribution in [0.4, 0.5) is 18.9 Å². The summed E-state index contributed by atoms with van der Waals surface area (Å²) >= 11 is 0. The number of amides is 2. The van der Waals surface area contributed by atoms with Gasteiger partial charge >= 0.3 is 12.1 Å². The lowest BCUT2D eigenvalue weighted by Crippen LogP contribution is -2.42. The highest BCUT2D eigenvalue weighted by Gasteiger charge is 2.32. The molecule has 0 atom stereocenters. The van der Waals surface area contributed by atoms with Gasteiger partial charge in [0.1, 0.15) is 6.67 Å². The molecular weight excluding hydrogens is 413 g/mol. The summed E-state index contributed by atoms with van der Waals surface area (Å²) in [5.41, 5.74) is -0.478. The van der Waals surface area contributed by atoms with Crippen molar-refractivity contribution < 1.29 is 32.3 Å². The van der Waals surface area contributed by atoms with E-state index >= 15 is 0 Å². The molecular formula is C22H21F3N2O4. The van der Waals surface area contributed by atoms with Crippen LogP contribution < -0.4 is 4.90 Å². The van der Waals surface area contributed by atoms with Gasteiger partial charge in [-0.15, -0.1) is 0 Å². The molecule has 0 unspecified atom stereocenters. The van der Waals surface area contributed by atoms with Crippen molar-refractivity contribution in [3.05, 3.63) is 65.2 Å². The van der Waals surface area contributed by atoms with Crippen molar-refractivity contribution in [1.82, 2.24) is 4.90 Å². The van der Waals surface area contributed by atoms with Gasteiger partial charge in [0.2, 0.25) is 5.91 Å². The smallest absolute Gasteiger partial charge is 0.416 e. The fourth-order valence-corrected chi connectivity index (χ4v) is 3.26. The molecule has 1 aliphatic rings. The maximum absolute atomic E-state index is 13.2. The zero-order valence-electron chi connectivity index (χ0n) is 16.8. The Morgan fingerprint density at radius 1 is 1.10 bits per heavy atom. The molecule has 164 valence electrons. The van der Waals surface area contributed by atoms with Crippen molar-refractivity contribution >= 4 is 23.5 Å². The molecule has 2 aromatic carbocycles. The predicted octanol–water partition coefficient (Wildman–Crippen LogP) is 4.11. The zero-order valence-corrected chi connectivity index (χ0v) is 16.8. The second-order valence-corrected chi connectivity index (χ2v) is 6.98. The number of alkyl halides is 3. The molecule has 0 aliphatic carbocycles. The molecule has 2 amide bonds. The lowest BCUT2D eigenvalue weighted by Gasteiger charge is -2.28. The van der Waals surface area contributed by atoms with Gasteiger partial charge in [0.25, 0.3) is 5.91 Å². The molecule has 1 aliphatic heterocycles. The number of hydrogen-bond donors (Lipinski definition) is 0. The summed E-state index contributed by atoms with van der Waals surface area (Å²) in [4.78, 5) is 39.8. The Morgan fingerprint density at radius 3 is 2.39 bits per heavy atom. The third kappa shape index (κ3) is 5.22. The van der Waals surface area contributed by atoms with Crippen molar-refractivity contribution in [3.63, 3.8) is 0 Å². The van der Waals surface area contributed by atoms with E-state index < -0.39 is 23.6 Å². The Labute approximate surface area is 177 Å². The number of carbonyl (C=O) groups is 3. The summed E-state index contributed by atoms with van der Waals surface area (Å²) < 4.78 is 44.2. The molecule has 1 fully saturated rings. The Hall–Kier alpha value is -3.36. The second kappa shape index (κ2) is 9.20. The predicted molar refractivity (Wildman–Crippen MR) is 106 cm³/mol. The number of benzene rings is 2. The van der Waals surface area contributed by atoms with Crippen molar-refractivity contribution in [3.8, 4) is 0 Å². The quantitative estimate of drug-likeness (QED) is 0.642. The van der Waals surface area contributed by atoms with E-state index in [0.717, 1.165) is 12.1 Å². The molecule has 0 radical (unpaired) electrons. The van der Waals surface area contributed by atoms with Crippen LogP contribution in [0.25, 0.3) is 0 Å². The third-order valence-electron chi connectivity index (χ3n) is 4.86. The molecule has 0 spiro atoms. The molecule has 31 heavy (non-hydrogen) atoms. The molecule has 9 heteroatoms. The average molecular weight is 434 g/mol. The van der Waals surface area contributed by atoms with Crippen molar-refractivity contribution in [2.45, 2.75) is 25.9 Å². The number of anilines is 1. The number of nitrogens with zero attached hydrogens (tertiary/aromatic N) is 2. The van der Waals surface area contributed by atoms with Crippen LogP contribution in [0.3, 0.4) is 0 Å². The van der Waals surface area contributed by atoms with Crippen LogP contribution in [0, 0.1) is 0 Å². The van der Waals surface area contributed by atoms with Crippen LogP contribution in [0.5, 0.6) is 0 Å². The lowest BCUT2D eigenvalue weighted by molar-refractivity contribution is -0.137. The Kier molecular flexibility index (Phi) is 6.62. The lowest BCUT2D eigenvalue weighted by atomic mass is 10.1. The first kappa shape index (κ1) is 22.3. The minimum atomic E-state index is -4.59. The highest BCUT2D eigenvalue weighted by molar-refractivity contribution is 6.06. The van der Waals surface area contributed by atoms with Crippen LogP contribution in [0.2, 0.25) is 0 Å². The van der Waals surface area contributed by atoms with Crippen LogP contribution >= 0.6 is 0 Å². The molecule has 6 nitrogen and oxygen atoms in total. The monoisotopic (exact) mass is 434 g/mol. The fraction of sp³-hybridized carbons (Fsp3) is 0.318. The largest absolute Gasteiger partial charge is 0.462 e. The minimum Gasteiger partial charge on any atom is -0.462 e. The van der Waals surface area contributed by atoms with Gasteiger partial charge < -0.3 is 9.64 Å². The Morgan fingerprint density at radius 2 is 1.81 bits per heavy atom. The van der Waals surface area contributed by atoms with Crippen LogP contribution in [-0.4, -0.2) is 42.5 Å². The highest BCUT2D eigenvalue weighted by atomic mass is 19.4. The summed E-state index contributed by atoms with van der Waals surface area (Å²) in [6, 6.07) is 10.1. The van der Waals surface area contributed by atoms with Crippen molar-refractivity contribution in [1.29, 1.82) is 0 Å². The summed E-state index contributed by atoms with van der Waals surface area (Å²) in [6.07, 6.45) is -3.59. The van der Waals surface area contributed by atoms with E-state index in [1.54, 1.807) is 6.92 Å². The van der Waals surface area contributed by atoms with Gasteiger partial charge in [-0.05, 0) is 55.8 Å². The second-order valence-electron chi connectivity index (χ2n) is 6.98. The first-order valence-electron chi connectivity index (χ1n) is 9.75. The number of carbonyl (C=O) groups excluding carboxylic acids is 3. The summed E-state index contributed by atoms with van der Waals surface area (Å²) in [6.45, 7) is 2.23. The van der Waals surface area contributed by atoms with Gasteiger partial charge in [0.05, 0.1) is 17.7 Å². The summed E-state index contributed by atoms with van der Waals surface area (Å²) in [5, 5.41) is 0. The molecule has 0 aromatic heterocycles. The van der Waals surface area contributed by atoms with Crippen molar-refractivity contribution in [2.24, 2.45) is 0 Å². The summed E-state index contributed by atoms with van der Waals surface area (Å²) in [5.74, 6) is -1.35. The Bertz CT molecular complexity index is 973. The van der Waals surface area contributed by atoms with Crippen molar-refractivity contribution in [2.75, 3.05) is 24.7 Å². The van der Waals surface area contributed by atoms with Gasteiger partial charge in [0, 0.05) is 24.2 Å². The normalized spacial score (nSPS) is 13.9. The first-order chi connectivity index (χ1) is 14.7. The van der Waals surface area contributed by atoms with E-state index in [9.17, 15) is 27.6 Å². The molecule has 1 saturated heterocycles. The van der Waals surface area contributed by atoms with E-state index in [-0.39, 0.29) is 30.3 Å². The number of esters is 1. The van der Waals surface area contributed by atoms with Gasteiger partial charge in [-0.2, -0.15) is 13.2 Å². The topological polar surface area (TPSA) is 66.9 Å². The zero-order chi connectivity index (χ0) is 22.6. The molecule has 1 heterocycles. The van der Waals surface area contributed by atoms with Crippen LogP contribution in [0.1, 0.15) is 46.0 Å². The highest BCUT2D eigenvalue weighted by Crippen LogP contribution is 2.30. The standard InChI is InChI=1S/C22H21F3N2O4/c1-2-31-21(30)15-8-10-18(11-9-15)27(14-26-12-4-7-19(26)28)20(29)16-5-3-6-17(13-16)22(23,24)25/h3,5-6,8-11,13H,2,4,7,12,14H2,1H3. The molecule has 2 aromatic rings. The summed E-state index contributed by atoms with van der Waals surface area (Å²) in [7, 11) is 0. The first-order valence-corrected chi connectivity index (χ1v) is 9.75. The van der Waals surface area contributed by atoms with Gasteiger partial charge in [-0.1, -0.05) is 6.07 Å². The molecule has 0 saturated carbocycles. The van der Waals surface area contributed by atoms with Gasteiger partial charge in [-0.25, -0.2) is 4.79 Å². The number of rotatable bonds is 6. The SMILES string of the molecule is CCOC(=O)c1ccc(N(CN2CCCC2=O)C(=O)c2cccc(C(F)(F)F)c2)cc1. The number of likely N-dealkylation sites (tertiary alicyclic amines) is 1. The van der Waals surface area contributed by atoms with E-state index in [2.05, 4.69) is 0 Å². The van der Waals surface area contributed by atoms with Crippen LogP contribution in [-0.2, 0) is 15.7 Å². The van der Waals surface area contributed by atoms with Gasteiger partial charge in [0.15, 0.2) is 0 Å². The van der Waals surface area contributed by atoms with E-state index in [4.69, 9.17) is 4.74 Å². The minimum absolute atomic E-state index is 0.104. The molecule has 0 N–H and O–H groups in total. The third-order valence-corrected chi connectivity index (χ3v) is 4.86.